The van der Waals surface area contributed by atoms with Gasteiger partial charge in [0.15, 0.2) is 5.96 Å². The van der Waals surface area contributed by atoms with E-state index >= 15 is 0 Å². The highest BCUT2D eigenvalue weighted by Gasteiger charge is 2.26. The summed E-state index contributed by atoms with van der Waals surface area (Å²) in [6.45, 7) is 9.69. The van der Waals surface area contributed by atoms with Crippen molar-refractivity contribution in [3.8, 4) is 0 Å². The molecule has 2 aliphatic rings. The molecule has 0 aliphatic carbocycles. The van der Waals surface area contributed by atoms with Gasteiger partial charge in [-0.25, -0.2) is 0 Å². The number of nitrogens with two attached hydrogens (primary N) is 1. The standard InChI is InChI=1S/C21H35N5.HI/c1-18-8-6-12-26(16-18)21(22)23-11-7-13-25-15-14-24(2)17-20(25)19-9-4-3-5-10-19;/h3-5,9-10,18,20H,6-8,11-17H2,1-2H3,(H2,22,23);1H. The third-order valence-electron chi connectivity index (χ3n) is 5.74. The maximum atomic E-state index is 6.22. The summed E-state index contributed by atoms with van der Waals surface area (Å²) in [4.78, 5) is 12.0. The van der Waals surface area contributed by atoms with E-state index in [9.17, 15) is 0 Å². The SMILES string of the molecule is CC1CCCN(C(N)=NCCCN2CCN(C)CC2c2ccccc2)C1.I. The van der Waals surface area contributed by atoms with Gasteiger partial charge in [0.2, 0.25) is 0 Å². The van der Waals surface area contributed by atoms with Gasteiger partial charge in [-0.2, -0.15) is 0 Å². The number of hydrogen-bond acceptors (Lipinski definition) is 3. The summed E-state index contributed by atoms with van der Waals surface area (Å²) in [5.41, 5.74) is 7.64. The van der Waals surface area contributed by atoms with Gasteiger partial charge in [0.25, 0.3) is 0 Å². The van der Waals surface area contributed by atoms with Crippen LogP contribution < -0.4 is 5.73 Å². The second-order valence-corrected chi connectivity index (χ2v) is 8.01. The lowest BCUT2D eigenvalue weighted by atomic mass is 10.0. The van der Waals surface area contributed by atoms with E-state index in [-0.39, 0.29) is 24.0 Å². The first-order chi connectivity index (χ1) is 12.6. The van der Waals surface area contributed by atoms with Crippen LogP contribution in [0, 0.1) is 5.92 Å². The van der Waals surface area contributed by atoms with Crippen LogP contribution in [0.5, 0.6) is 0 Å². The number of likely N-dealkylation sites (tertiary alicyclic amines) is 1. The molecule has 0 saturated carbocycles. The Morgan fingerprint density at radius 2 is 1.93 bits per heavy atom. The van der Waals surface area contributed by atoms with E-state index in [0.717, 1.165) is 64.1 Å². The number of nitrogens with zero attached hydrogens (tertiary/aromatic N) is 4. The van der Waals surface area contributed by atoms with Crippen LogP contribution in [0.3, 0.4) is 0 Å². The topological polar surface area (TPSA) is 48.1 Å². The molecule has 0 bridgehead atoms. The predicted octanol–water partition coefficient (Wildman–Crippen LogP) is 3.03. The van der Waals surface area contributed by atoms with E-state index in [2.05, 4.69) is 64.0 Å². The third-order valence-corrected chi connectivity index (χ3v) is 5.74. The molecule has 0 aromatic heterocycles. The second kappa shape index (κ2) is 11.2. The normalized spacial score (nSPS) is 25.3. The molecule has 1 aromatic rings. The van der Waals surface area contributed by atoms with Crippen LogP contribution in [-0.4, -0.2) is 73.5 Å². The van der Waals surface area contributed by atoms with Crippen LogP contribution >= 0.6 is 24.0 Å². The molecule has 2 unspecified atom stereocenters. The zero-order chi connectivity index (χ0) is 18.4. The maximum Gasteiger partial charge on any atom is 0.191 e. The van der Waals surface area contributed by atoms with E-state index in [1.54, 1.807) is 0 Å². The van der Waals surface area contributed by atoms with Gasteiger partial charge in [-0.05, 0) is 37.8 Å². The Bertz CT molecular complexity index is 579. The number of aliphatic imine (C=N–C) groups is 1. The van der Waals surface area contributed by atoms with Gasteiger partial charge in [0.05, 0.1) is 0 Å². The summed E-state index contributed by atoms with van der Waals surface area (Å²) in [6.07, 6.45) is 3.61. The van der Waals surface area contributed by atoms with E-state index in [4.69, 9.17) is 5.73 Å². The fraction of sp³-hybridized carbons (Fsp3) is 0.667. The third kappa shape index (κ3) is 6.61. The van der Waals surface area contributed by atoms with Crippen molar-refractivity contribution < 1.29 is 0 Å². The Morgan fingerprint density at radius 3 is 2.67 bits per heavy atom. The van der Waals surface area contributed by atoms with E-state index < -0.39 is 0 Å². The van der Waals surface area contributed by atoms with E-state index in [1.807, 2.05) is 0 Å². The Morgan fingerprint density at radius 1 is 1.15 bits per heavy atom. The summed E-state index contributed by atoms with van der Waals surface area (Å²) in [6, 6.07) is 11.4. The zero-order valence-electron chi connectivity index (χ0n) is 16.9. The van der Waals surface area contributed by atoms with Gasteiger partial charge in [0, 0.05) is 51.9 Å². The zero-order valence-corrected chi connectivity index (χ0v) is 19.2. The number of piperidine rings is 1. The van der Waals surface area contributed by atoms with Crippen LogP contribution in [0.4, 0.5) is 0 Å². The molecular formula is C21H36IN5. The highest BCUT2D eigenvalue weighted by atomic mass is 127. The minimum atomic E-state index is 0. The average Bonchev–Trinajstić information content (AvgIpc) is 2.66. The summed E-state index contributed by atoms with van der Waals surface area (Å²) in [7, 11) is 2.22. The van der Waals surface area contributed by atoms with E-state index in [0.29, 0.717) is 6.04 Å². The van der Waals surface area contributed by atoms with Crippen molar-refractivity contribution in [1.29, 1.82) is 0 Å². The number of rotatable bonds is 5. The number of benzene rings is 1. The van der Waals surface area contributed by atoms with E-state index in [1.165, 1.54) is 18.4 Å². The van der Waals surface area contributed by atoms with Gasteiger partial charge < -0.3 is 15.5 Å². The number of hydrogen-bond donors (Lipinski definition) is 1. The number of piperazine rings is 1. The minimum Gasteiger partial charge on any atom is -0.370 e. The molecule has 2 atom stereocenters. The summed E-state index contributed by atoms with van der Waals surface area (Å²) in [5.74, 6) is 1.48. The average molecular weight is 485 g/mol. The van der Waals surface area contributed by atoms with Crippen molar-refractivity contribution in [3.05, 3.63) is 35.9 Å². The molecule has 2 aliphatic heterocycles. The van der Waals surface area contributed by atoms with Crippen molar-refractivity contribution in [2.45, 2.75) is 32.2 Å². The Labute approximate surface area is 182 Å². The molecule has 1 aromatic carbocycles. The van der Waals surface area contributed by atoms with Gasteiger partial charge in [-0.15, -0.1) is 24.0 Å². The van der Waals surface area contributed by atoms with Crippen molar-refractivity contribution in [2.75, 3.05) is 52.9 Å². The first-order valence-electron chi connectivity index (χ1n) is 10.2. The number of likely N-dealkylation sites (N-methyl/N-ethyl adjacent to an activating group) is 1. The Hall–Kier alpha value is -0.860. The molecule has 3 rings (SSSR count). The van der Waals surface area contributed by atoms with Gasteiger partial charge in [-0.1, -0.05) is 37.3 Å². The second-order valence-electron chi connectivity index (χ2n) is 8.01. The molecule has 27 heavy (non-hydrogen) atoms. The molecule has 2 heterocycles. The van der Waals surface area contributed by atoms with Crippen molar-refractivity contribution in [2.24, 2.45) is 16.6 Å². The van der Waals surface area contributed by atoms with Gasteiger partial charge >= 0.3 is 0 Å². The van der Waals surface area contributed by atoms with Crippen LogP contribution in [0.25, 0.3) is 0 Å². The molecule has 2 fully saturated rings. The largest absolute Gasteiger partial charge is 0.370 e. The van der Waals surface area contributed by atoms with Gasteiger partial charge in [-0.3, -0.25) is 9.89 Å². The molecule has 2 N–H and O–H groups in total. The first-order valence-corrected chi connectivity index (χ1v) is 10.2. The Balaban J connectivity index is 0.00000261. The van der Waals surface area contributed by atoms with Crippen molar-refractivity contribution in [1.82, 2.24) is 14.7 Å². The van der Waals surface area contributed by atoms with Gasteiger partial charge in [0.1, 0.15) is 0 Å². The molecule has 0 amide bonds. The van der Waals surface area contributed by atoms with Crippen LogP contribution in [0.2, 0.25) is 0 Å². The highest BCUT2D eigenvalue weighted by molar-refractivity contribution is 14.0. The summed E-state index contributed by atoms with van der Waals surface area (Å²) in [5, 5.41) is 0. The number of halogens is 1. The lowest BCUT2D eigenvalue weighted by Gasteiger charge is -2.40. The quantitative estimate of drug-likeness (QED) is 0.302. The molecule has 152 valence electrons. The van der Waals surface area contributed by atoms with Crippen molar-refractivity contribution in [3.63, 3.8) is 0 Å². The fourth-order valence-corrected chi connectivity index (χ4v) is 4.18. The molecule has 0 radical (unpaired) electrons. The smallest absolute Gasteiger partial charge is 0.191 e. The fourth-order valence-electron chi connectivity index (χ4n) is 4.18. The lowest BCUT2D eigenvalue weighted by Crippen LogP contribution is -2.47. The summed E-state index contributed by atoms with van der Waals surface area (Å²) < 4.78 is 0. The van der Waals surface area contributed by atoms with Crippen LogP contribution in [0.15, 0.2) is 35.3 Å². The molecule has 2 saturated heterocycles. The molecular weight excluding hydrogens is 449 g/mol. The molecule has 5 nitrogen and oxygen atoms in total. The first kappa shape index (κ1) is 22.4. The lowest BCUT2D eigenvalue weighted by molar-refractivity contribution is 0.0894. The maximum absolute atomic E-state index is 6.22. The van der Waals surface area contributed by atoms with Crippen molar-refractivity contribution >= 4 is 29.9 Å². The minimum absolute atomic E-state index is 0. The van der Waals surface area contributed by atoms with Crippen LogP contribution in [0.1, 0.15) is 37.8 Å². The molecule has 0 spiro atoms. The molecule has 6 heteroatoms. The highest BCUT2D eigenvalue weighted by Crippen LogP contribution is 2.24. The predicted molar refractivity (Wildman–Crippen MR) is 125 cm³/mol. The monoisotopic (exact) mass is 485 g/mol. The number of guanidine groups is 1. The summed E-state index contributed by atoms with van der Waals surface area (Å²) >= 11 is 0. The Kier molecular flexibility index (Phi) is 9.32. The van der Waals surface area contributed by atoms with Crippen LogP contribution in [-0.2, 0) is 0 Å².